The number of rotatable bonds is 3. The number of nitrogens with two attached hydrogens (primary N) is 1. The molecule has 1 aromatic rings. The lowest BCUT2D eigenvalue weighted by Gasteiger charge is -2.06. The largest absolute Gasteiger partial charge is 0.392 e. The molecular weight excluding hydrogens is 204 g/mol. The number of nitrogens with one attached hydrogen (secondary N) is 1. The van der Waals surface area contributed by atoms with Crippen molar-refractivity contribution in [2.24, 2.45) is 5.73 Å². The van der Waals surface area contributed by atoms with Crippen molar-refractivity contribution < 1.29 is 0 Å². The molecular formula is C9H11ClN2S. The molecule has 1 rings (SSSR count). The van der Waals surface area contributed by atoms with Crippen molar-refractivity contribution >= 4 is 34.5 Å². The van der Waals surface area contributed by atoms with Crippen LogP contribution in [0.1, 0.15) is 5.56 Å². The summed E-state index contributed by atoms with van der Waals surface area (Å²) in [7, 11) is 0. The highest BCUT2D eigenvalue weighted by Gasteiger charge is 1.97. The Kier molecular flexibility index (Phi) is 3.51. The van der Waals surface area contributed by atoms with Crippen LogP contribution in [-0.4, -0.2) is 11.5 Å². The molecule has 3 N–H and O–H groups in total. The highest BCUT2D eigenvalue weighted by Crippen LogP contribution is 2.19. The summed E-state index contributed by atoms with van der Waals surface area (Å²) in [6, 6.07) is 5.75. The summed E-state index contributed by atoms with van der Waals surface area (Å²) < 4.78 is 0. The Labute approximate surface area is 88.1 Å². The van der Waals surface area contributed by atoms with E-state index >= 15 is 0 Å². The van der Waals surface area contributed by atoms with Crippen LogP contribution in [0.15, 0.2) is 18.2 Å². The first kappa shape index (κ1) is 10.3. The molecule has 13 heavy (non-hydrogen) atoms. The third kappa shape index (κ3) is 3.20. The molecule has 0 aromatic heterocycles. The van der Waals surface area contributed by atoms with Gasteiger partial charge < -0.3 is 11.1 Å². The van der Waals surface area contributed by atoms with Crippen LogP contribution in [0.4, 0.5) is 5.69 Å². The summed E-state index contributed by atoms with van der Waals surface area (Å²) in [5.74, 6) is 0. The number of hydrogen-bond donors (Lipinski definition) is 2. The zero-order valence-corrected chi connectivity index (χ0v) is 8.88. The Bertz CT molecular complexity index is 325. The van der Waals surface area contributed by atoms with E-state index in [0.29, 0.717) is 11.5 Å². The predicted octanol–water partition coefficient (Wildman–Crippen LogP) is 2.35. The van der Waals surface area contributed by atoms with Crippen LogP contribution in [0.5, 0.6) is 0 Å². The van der Waals surface area contributed by atoms with Gasteiger partial charge in [0.25, 0.3) is 0 Å². The van der Waals surface area contributed by atoms with Crippen LogP contribution in [0.3, 0.4) is 0 Å². The van der Waals surface area contributed by atoms with Gasteiger partial charge in [-0.25, -0.2) is 0 Å². The van der Waals surface area contributed by atoms with E-state index in [9.17, 15) is 0 Å². The molecule has 0 aliphatic heterocycles. The van der Waals surface area contributed by atoms with Crippen LogP contribution in [0.25, 0.3) is 0 Å². The average Bonchev–Trinajstić information content (AvgIpc) is 2.07. The molecule has 0 spiro atoms. The van der Waals surface area contributed by atoms with Gasteiger partial charge in [0, 0.05) is 10.7 Å². The highest BCUT2D eigenvalue weighted by atomic mass is 35.5. The van der Waals surface area contributed by atoms with E-state index in [4.69, 9.17) is 29.6 Å². The molecule has 0 radical (unpaired) electrons. The first-order chi connectivity index (χ1) is 6.09. The molecule has 0 fully saturated rings. The van der Waals surface area contributed by atoms with Gasteiger partial charge in [0.2, 0.25) is 0 Å². The van der Waals surface area contributed by atoms with Gasteiger partial charge in [-0.15, -0.1) is 0 Å². The van der Waals surface area contributed by atoms with Crippen molar-refractivity contribution in [3.63, 3.8) is 0 Å². The molecule has 0 bridgehead atoms. The van der Waals surface area contributed by atoms with Crippen molar-refractivity contribution in [1.82, 2.24) is 0 Å². The van der Waals surface area contributed by atoms with Gasteiger partial charge >= 0.3 is 0 Å². The molecule has 0 atom stereocenters. The van der Waals surface area contributed by atoms with Crippen molar-refractivity contribution in [1.29, 1.82) is 0 Å². The summed E-state index contributed by atoms with van der Waals surface area (Å²) in [4.78, 5) is 0.441. The van der Waals surface area contributed by atoms with Crippen molar-refractivity contribution in [2.45, 2.75) is 6.92 Å². The molecule has 0 heterocycles. The maximum atomic E-state index is 5.93. The second kappa shape index (κ2) is 4.44. The number of aryl methyl sites for hydroxylation is 1. The van der Waals surface area contributed by atoms with Gasteiger partial charge in [0.15, 0.2) is 0 Å². The Morgan fingerprint density at radius 3 is 2.85 bits per heavy atom. The van der Waals surface area contributed by atoms with Crippen LogP contribution in [0.2, 0.25) is 5.02 Å². The van der Waals surface area contributed by atoms with Crippen molar-refractivity contribution in [2.75, 3.05) is 11.9 Å². The monoisotopic (exact) mass is 214 g/mol. The number of halogens is 1. The molecule has 4 heteroatoms. The van der Waals surface area contributed by atoms with E-state index in [1.807, 2.05) is 25.1 Å². The zero-order valence-electron chi connectivity index (χ0n) is 7.30. The van der Waals surface area contributed by atoms with Gasteiger partial charge in [-0.1, -0.05) is 29.9 Å². The van der Waals surface area contributed by atoms with Crippen molar-refractivity contribution in [3.8, 4) is 0 Å². The summed E-state index contributed by atoms with van der Waals surface area (Å²) >= 11 is 10.7. The SMILES string of the molecule is Cc1ccc(NCC(N)=S)cc1Cl. The van der Waals surface area contributed by atoms with Gasteiger partial charge in [0.1, 0.15) is 0 Å². The number of hydrogen-bond acceptors (Lipinski definition) is 2. The van der Waals surface area contributed by atoms with E-state index in [1.165, 1.54) is 0 Å². The van der Waals surface area contributed by atoms with Gasteiger partial charge in [-0.3, -0.25) is 0 Å². The molecule has 0 saturated heterocycles. The molecule has 2 nitrogen and oxygen atoms in total. The summed E-state index contributed by atoms with van der Waals surface area (Å²) in [5.41, 5.74) is 7.34. The fraction of sp³-hybridized carbons (Fsp3) is 0.222. The fourth-order valence-corrected chi connectivity index (χ4v) is 1.14. The fourth-order valence-electron chi connectivity index (χ4n) is 0.892. The Hall–Kier alpha value is -0.800. The first-order valence-electron chi connectivity index (χ1n) is 3.88. The number of anilines is 1. The molecule has 0 aliphatic rings. The number of thiocarbonyl (C=S) groups is 1. The lowest BCUT2D eigenvalue weighted by atomic mass is 10.2. The molecule has 0 unspecified atom stereocenters. The lowest BCUT2D eigenvalue weighted by molar-refractivity contribution is 1.37. The second-order valence-corrected chi connectivity index (χ2v) is 3.72. The summed E-state index contributed by atoms with van der Waals surface area (Å²) in [6.45, 7) is 2.45. The third-order valence-electron chi connectivity index (χ3n) is 1.64. The molecule has 1 aromatic carbocycles. The van der Waals surface area contributed by atoms with Gasteiger partial charge in [0.05, 0.1) is 11.5 Å². The standard InChI is InChI=1S/C9H11ClN2S/c1-6-2-3-7(4-8(6)10)12-5-9(11)13/h2-4,12H,5H2,1H3,(H2,11,13). The first-order valence-corrected chi connectivity index (χ1v) is 4.66. The zero-order chi connectivity index (χ0) is 9.84. The molecule has 0 saturated carbocycles. The smallest absolute Gasteiger partial charge is 0.0921 e. The second-order valence-electron chi connectivity index (χ2n) is 2.78. The molecule has 0 aliphatic carbocycles. The van der Waals surface area contributed by atoms with E-state index in [-0.39, 0.29) is 0 Å². The third-order valence-corrected chi connectivity index (χ3v) is 2.19. The van der Waals surface area contributed by atoms with E-state index in [2.05, 4.69) is 5.32 Å². The normalized spacial score (nSPS) is 9.69. The summed E-state index contributed by atoms with van der Waals surface area (Å²) in [6.07, 6.45) is 0. The Morgan fingerprint density at radius 2 is 2.31 bits per heavy atom. The Morgan fingerprint density at radius 1 is 1.62 bits per heavy atom. The highest BCUT2D eigenvalue weighted by molar-refractivity contribution is 7.80. The van der Waals surface area contributed by atoms with Crippen molar-refractivity contribution in [3.05, 3.63) is 28.8 Å². The molecule has 0 amide bonds. The topological polar surface area (TPSA) is 38.0 Å². The summed E-state index contributed by atoms with van der Waals surface area (Å²) in [5, 5.41) is 3.80. The van der Waals surface area contributed by atoms with Crippen LogP contribution >= 0.6 is 23.8 Å². The van der Waals surface area contributed by atoms with E-state index in [1.54, 1.807) is 0 Å². The van der Waals surface area contributed by atoms with Crippen LogP contribution in [-0.2, 0) is 0 Å². The maximum Gasteiger partial charge on any atom is 0.0921 e. The van der Waals surface area contributed by atoms with E-state index < -0.39 is 0 Å². The quantitative estimate of drug-likeness (QED) is 0.759. The van der Waals surface area contributed by atoms with Crippen LogP contribution in [0, 0.1) is 6.92 Å². The predicted molar refractivity (Wildman–Crippen MR) is 61.5 cm³/mol. The lowest BCUT2D eigenvalue weighted by Crippen LogP contribution is -2.19. The van der Waals surface area contributed by atoms with Crippen LogP contribution < -0.4 is 11.1 Å². The van der Waals surface area contributed by atoms with Gasteiger partial charge in [-0.05, 0) is 24.6 Å². The number of benzene rings is 1. The van der Waals surface area contributed by atoms with E-state index in [0.717, 1.165) is 16.3 Å². The average molecular weight is 215 g/mol. The minimum Gasteiger partial charge on any atom is -0.392 e. The Balaban J connectivity index is 2.68. The van der Waals surface area contributed by atoms with Gasteiger partial charge in [-0.2, -0.15) is 0 Å². The minimum atomic E-state index is 0.441. The molecule has 70 valence electrons. The maximum absolute atomic E-state index is 5.93. The minimum absolute atomic E-state index is 0.441.